The zero-order valence-corrected chi connectivity index (χ0v) is 7.61. The zero-order valence-electron chi connectivity index (χ0n) is 7.61. The molecule has 4 heteroatoms. The van der Waals surface area contributed by atoms with Gasteiger partial charge in [-0.3, -0.25) is 0 Å². The second kappa shape index (κ2) is 3.31. The second-order valence-corrected chi connectivity index (χ2v) is 3.52. The number of hydrogen-bond acceptors (Lipinski definition) is 4. The van der Waals surface area contributed by atoms with Crippen molar-refractivity contribution in [1.82, 2.24) is 0 Å². The Bertz CT molecular complexity index is 161. The molecule has 3 atom stereocenters. The van der Waals surface area contributed by atoms with Crippen molar-refractivity contribution in [3.8, 4) is 0 Å². The topological polar surface area (TPSA) is 61.5 Å². The molecule has 0 radical (unpaired) electrons. The zero-order chi connectivity index (χ0) is 9.30. The summed E-state index contributed by atoms with van der Waals surface area (Å²) in [7, 11) is 0. The van der Waals surface area contributed by atoms with E-state index >= 15 is 0 Å². The summed E-state index contributed by atoms with van der Waals surface area (Å²) in [5.74, 6) is 0.243. The lowest BCUT2D eigenvalue weighted by Crippen LogP contribution is -2.41. The van der Waals surface area contributed by atoms with Gasteiger partial charge in [0.25, 0.3) is 0 Å². The van der Waals surface area contributed by atoms with E-state index in [2.05, 4.69) is 0 Å². The highest BCUT2D eigenvalue weighted by Crippen LogP contribution is 2.23. The number of rotatable bonds is 2. The maximum atomic E-state index is 10.8. The molecule has 1 heterocycles. The molecular formula is C8H15NO3. The van der Waals surface area contributed by atoms with Gasteiger partial charge in [0.15, 0.2) is 6.10 Å². The number of carbonyl (C=O) groups is 1. The Balaban J connectivity index is 2.65. The summed E-state index contributed by atoms with van der Waals surface area (Å²) in [5.41, 5.74) is 5.63. The van der Waals surface area contributed by atoms with E-state index < -0.39 is 6.16 Å². The number of nitrogens with two attached hydrogens (primary N) is 1. The molecule has 0 aliphatic carbocycles. The van der Waals surface area contributed by atoms with Gasteiger partial charge in [-0.1, -0.05) is 13.8 Å². The Morgan fingerprint density at radius 3 is 2.08 bits per heavy atom. The Morgan fingerprint density at radius 1 is 1.25 bits per heavy atom. The van der Waals surface area contributed by atoms with Crippen LogP contribution >= 0.6 is 0 Å². The summed E-state index contributed by atoms with van der Waals surface area (Å²) in [5, 5.41) is 0. The highest BCUT2D eigenvalue weighted by Gasteiger charge is 2.40. The van der Waals surface area contributed by atoms with E-state index in [4.69, 9.17) is 15.2 Å². The van der Waals surface area contributed by atoms with Crippen LogP contribution in [0.25, 0.3) is 0 Å². The van der Waals surface area contributed by atoms with Crippen LogP contribution in [0, 0.1) is 5.92 Å². The van der Waals surface area contributed by atoms with Crippen molar-refractivity contribution in [1.29, 1.82) is 0 Å². The van der Waals surface area contributed by atoms with Crippen LogP contribution in [0.1, 0.15) is 20.8 Å². The van der Waals surface area contributed by atoms with Gasteiger partial charge in [0.05, 0.1) is 0 Å². The van der Waals surface area contributed by atoms with E-state index in [9.17, 15) is 4.79 Å². The molecule has 4 nitrogen and oxygen atoms in total. The average Bonchev–Trinajstić information content (AvgIpc) is 2.31. The van der Waals surface area contributed by atoms with Crippen LogP contribution in [0.2, 0.25) is 0 Å². The second-order valence-electron chi connectivity index (χ2n) is 3.52. The fourth-order valence-electron chi connectivity index (χ4n) is 1.31. The van der Waals surface area contributed by atoms with Crippen molar-refractivity contribution >= 4 is 6.16 Å². The molecule has 1 aliphatic heterocycles. The predicted octanol–water partition coefficient (Wildman–Crippen LogP) is 0.894. The largest absolute Gasteiger partial charge is 0.509 e. The van der Waals surface area contributed by atoms with Gasteiger partial charge in [-0.2, -0.15) is 0 Å². The van der Waals surface area contributed by atoms with Gasteiger partial charge in [0, 0.05) is 6.04 Å². The van der Waals surface area contributed by atoms with Crippen molar-refractivity contribution in [3.05, 3.63) is 0 Å². The van der Waals surface area contributed by atoms with Gasteiger partial charge in [-0.15, -0.1) is 0 Å². The summed E-state index contributed by atoms with van der Waals surface area (Å²) in [4.78, 5) is 10.8. The molecular weight excluding hydrogens is 158 g/mol. The summed E-state index contributed by atoms with van der Waals surface area (Å²) in [6, 6.07) is -0.177. The molecule has 1 fully saturated rings. The van der Waals surface area contributed by atoms with Crippen LogP contribution in [-0.4, -0.2) is 24.4 Å². The molecule has 0 aromatic carbocycles. The van der Waals surface area contributed by atoms with Gasteiger partial charge >= 0.3 is 6.16 Å². The third-order valence-electron chi connectivity index (χ3n) is 1.96. The minimum absolute atomic E-state index is 0.177. The molecule has 0 bridgehead atoms. The lowest BCUT2D eigenvalue weighted by atomic mass is 9.98. The van der Waals surface area contributed by atoms with Crippen LogP contribution in [0.3, 0.4) is 0 Å². The minimum Gasteiger partial charge on any atom is -0.427 e. The normalized spacial score (nSPS) is 31.6. The fraction of sp³-hybridized carbons (Fsp3) is 0.875. The first-order chi connectivity index (χ1) is 5.52. The van der Waals surface area contributed by atoms with Gasteiger partial charge in [0.2, 0.25) is 0 Å². The average molecular weight is 173 g/mol. The first-order valence-corrected chi connectivity index (χ1v) is 4.15. The SMILES string of the molecule is CC(C)C1OC(=O)OC1C(C)N. The van der Waals surface area contributed by atoms with Crippen molar-refractivity contribution < 1.29 is 14.3 Å². The molecule has 0 saturated carbocycles. The van der Waals surface area contributed by atoms with Gasteiger partial charge in [-0.25, -0.2) is 4.79 Å². The first-order valence-electron chi connectivity index (χ1n) is 4.15. The summed E-state index contributed by atoms with van der Waals surface area (Å²) >= 11 is 0. The Kier molecular flexibility index (Phi) is 2.57. The monoisotopic (exact) mass is 173 g/mol. The molecule has 0 aromatic heterocycles. The summed E-state index contributed by atoms with van der Waals surface area (Å²) in [6.45, 7) is 5.76. The third-order valence-corrected chi connectivity index (χ3v) is 1.96. The molecule has 1 aliphatic rings. The highest BCUT2D eigenvalue weighted by molar-refractivity contribution is 5.62. The molecule has 0 aromatic rings. The van der Waals surface area contributed by atoms with Crippen molar-refractivity contribution in [2.75, 3.05) is 0 Å². The maximum Gasteiger partial charge on any atom is 0.509 e. The molecule has 0 amide bonds. The van der Waals surface area contributed by atoms with Crippen LogP contribution in [-0.2, 0) is 9.47 Å². The standard InChI is InChI=1S/C8H15NO3/c1-4(2)6-7(5(3)9)12-8(10)11-6/h4-7H,9H2,1-3H3. The van der Waals surface area contributed by atoms with Crippen molar-refractivity contribution in [2.45, 2.75) is 39.0 Å². The Morgan fingerprint density at radius 2 is 1.75 bits per heavy atom. The Labute approximate surface area is 72.0 Å². The lowest BCUT2D eigenvalue weighted by molar-refractivity contribution is 0.0968. The Hall–Kier alpha value is -0.770. The van der Waals surface area contributed by atoms with Crippen molar-refractivity contribution in [3.63, 3.8) is 0 Å². The van der Waals surface area contributed by atoms with E-state index in [1.807, 2.05) is 20.8 Å². The van der Waals surface area contributed by atoms with E-state index in [0.29, 0.717) is 0 Å². The van der Waals surface area contributed by atoms with E-state index in [1.165, 1.54) is 0 Å². The molecule has 12 heavy (non-hydrogen) atoms. The molecule has 2 N–H and O–H groups in total. The van der Waals surface area contributed by atoms with Crippen LogP contribution in [0.4, 0.5) is 4.79 Å². The van der Waals surface area contributed by atoms with E-state index in [1.54, 1.807) is 0 Å². The predicted molar refractivity (Wildman–Crippen MR) is 43.6 cm³/mol. The smallest absolute Gasteiger partial charge is 0.427 e. The number of ether oxygens (including phenoxy) is 2. The van der Waals surface area contributed by atoms with Gasteiger partial charge in [-0.05, 0) is 12.8 Å². The highest BCUT2D eigenvalue weighted by atomic mass is 16.8. The summed E-state index contributed by atoms with van der Waals surface area (Å²) in [6.07, 6.45) is -1.09. The molecule has 1 rings (SSSR count). The third kappa shape index (κ3) is 1.69. The molecule has 0 spiro atoms. The van der Waals surface area contributed by atoms with Crippen LogP contribution in [0.15, 0.2) is 0 Å². The summed E-state index contributed by atoms with van der Waals surface area (Å²) < 4.78 is 9.87. The maximum absolute atomic E-state index is 10.8. The van der Waals surface area contributed by atoms with Gasteiger partial charge < -0.3 is 15.2 Å². The first kappa shape index (κ1) is 9.32. The fourth-order valence-corrected chi connectivity index (χ4v) is 1.31. The number of hydrogen-bond donors (Lipinski definition) is 1. The number of cyclic esters (lactones) is 2. The molecule has 3 unspecified atom stereocenters. The molecule has 1 saturated heterocycles. The van der Waals surface area contributed by atoms with Crippen molar-refractivity contribution in [2.24, 2.45) is 11.7 Å². The quantitative estimate of drug-likeness (QED) is 0.630. The minimum atomic E-state index is -0.601. The van der Waals surface area contributed by atoms with Crippen LogP contribution in [0.5, 0.6) is 0 Å². The van der Waals surface area contributed by atoms with Crippen LogP contribution < -0.4 is 5.73 Å². The van der Waals surface area contributed by atoms with E-state index in [-0.39, 0.29) is 24.2 Å². The number of carbonyl (C=O) groups excluding carboxylic acids is 1. The lowest BCUT2D eigenvalue weighted by Gasteiger charge is -2.20. The van der Waals surface area contributed by atoms with Gasteiger partial charge in [0.1, 0.15) is 6.10 Å². The molecule has 70 valence electrons. The van der Waals surface area contributed by atoms with E-state index in [0.717, 1.165) is 0 Å².